The molecule has 0 radical (unpaired) electrons. The fourth-order valence-electron chi connectivity index (χ4n) is 2.53. The predicted molar refractivity (Wildman–Crippen MR) is 84.6 cm³/mol. The van der Waals surface area contributed by atoms with E-state index in [1.54, 1.807) is 0 Å². The van der Waals surface area contributed by atoms with E-state index in [9.17, 15) is 4.79 Å². The second kappa shape index (κ2) is 8.75. The number of carbonyl (C=O) groups excluding carboxylic acids is 1. The van der Waals surface area contributed by atoms with Gasteiger partial charge in [0.2, 0.25) is 5.91 Å². The minimum absolute atomic E-state index is 0.0759. The molecule has 2 atom stereocenters. The third kappa shape index (κ3) is 4.64. The Labute approximate surface area is 123 Å². The van der Waals surface area contributed by atoms with Gasteiger partial charge in [-0.1, -0.05) is 57.5 Å². The largest absolute Gasteiger partial charge is 0.348 e. The summed E-state index contributed by atoms with van der Waals surface area (Å²) in [4.78, 5) is 14.6. The maximum Gasteiger partial charge on any atom is 0.237 e. The van der Waals surface area contributed by atoms with Gasteiger partial charge in [-0.25, -0.2) is 0 Å². The molecular weight excluding hydrogens is 248 g/mol. The molecule has 1 aromatic carbocycles. The van der Waals surface area contributed by atoms with Crippen LogP contribution in [0.1, 0.15) is 52.1 Å². The van der Waals surface area contributed by atoms with Crippen molar-refractivity contribution in [3.05, 3.63) is 35.9 Å². The molecule has 3 nitrogen and oxygen atoms in total. The zero-order chi connectivity index (χ0) is 15.0. The van der Waals surface area contributed by atoms with Gasteiger partial charge in [0.25, 0.3) is 0 Å². The molecule has 0 aromatic heterocycles. The zero-order valence-corrected chi connectivity index (χ0v) is 13.2. The van der Waals surface area contributed by atoms with E-state index >= 15 is 0 Å². The smallest absolute Gasteiger partial charge is 0.237 e. The Morgan fingerprint density at radius 1 is 1.15 bits per heavy atom. The molecule has 0 aliphatic heterocycles. The highest BCUT2D eigenvalue weighted by Gasteiger charge is 2.21. The van der Waals surface area contributed by atoms with Crippen molar-refractivity contribution in [2.24, 2.45) is 0 Å². The predicted octanol–water partition coefficient (Wildman–Crippen LogP) is 3.37. The molecule has 0 aliphatic carbocycles. The second-order valence-electron chi connectivity index (χ2n) is 5.16. The molecule has 1 aromatic rings. The molecule has 3 heteroatoms. The number of nitrogens with one attached hydrogen (secondary N) is 1. The van der Waals surface area contributed by atoms with Crippen LogP contribution >= 0.6 is 0 Å². The van der Waals surface area contributed by atoms with Gasteiger partial charge >= 0.3 is 0 Å². The topological polar surface area (TPSA) is 32.3 Å². The van der Waals surface area contributed by atoms with Crippen molar-refractivity contribution in [3.8, 4) is 0 Å². The van der Waals surface area contributed by atoms with Crippen molar-refractivity contribution in [1.29, 1.82) is 0 Å². The molecule has 1 amide bonds. The van der Waals surface area contributed by atoms with E-state index in [0.29, 0.717) is 0 Å². The minimum atomic E-state index is -0.0759. The third-order valence-electron chi connectivity index (χ3n) is 3.84. The lowest BCUT2D eigenvalue weighted by Gasteiger charge is -2.28. The molecule has 0 aliphatic rings. The summed E-state index contributed by atoms with van der Waals surface area (Å²) in [6.07, 6.45) is 2.03. The first-order chi connectivity index (χ1) is 9.63. The minimum Gasteiger partial charge on any atom is -0.348 e. The van der Waals surface area contributed by atoms with Crippen LogP contribution in [-0.4, -0.2) is 29.9 Å². The summed E-state index contributed by atoms with van der Waals surface area (Å²) in [5.74, 6) is 0.121. The van der Waals surface area contributed by atoms with Crippen molar-refractivity contribution >= 4 is 5.91 Å². The summed E-state index contributed by atoms with van der Waals surface area (Å²) in [6.45, 7) is 10.1. The lowest BCUT2D eigenvalue weighted by Crippen LogP contribution is -2.46. The summed E-state index contributed by atoms with van der Waals surface area (Å²) in [6, 6.07) is 10.3. The van der Waals surface area contributed by atoms with Gasteiger partial charge in [-0.05, 0) is 32.0 Å². The van der Waals surface area contributed by atoms with Crippen LogP contribution in [0.5, 0.6) is 0 Å². The molecule has 20 heavy (non-hydrogen) atoms. The highest BCUT2D eigenvalue weighted by Crippen LogP contribution is 2.18. The van der Waals surface area contributed by atoms with Gasteiger partial charge in [0.15, 0.2) is 0 Å². The van der Waals surface area contributed by atoms with Crippen LogP contribution in [0.4, 0.5) is 0 Å². The van der Waals surface area contributed by atoms with E-state index in [-0.39, 0.29) is 18.0 Å². The number of rotatable bonds is 8. The molecule has 0 fully saturated rings. The first kappa shape index (κ1) is 16.7. The highest BCUT2D eigenvalue weighted by atomic mass is 16.2. The second-order valence-corrected chi connectivity index (χ2v) is 5.16. The van der Waals surface area contributed by atoms with Gasteiger partial charge in [0, 0.05) is 0 Å². The average Bonchev–Trinajstić information content (AvgIpc) is 2.48. The normalized spacial score (nSPS) is 14.1. The van der Waals surface area contributed by atoms with Crippen molar-refractivity contribution in [2.75, 3.05) is 13.1 Å². The number of hydrogen-bond acceptors (Lipinski definition) is 2. The molecule has 1 N–H and O–H groups in total. The van der Waals surface area contributed by atoms with Gasteiger partial charge in [-0.3, -0.25) is 9.69 Å². The molecule has 2 unspecified atom stereocenters. The zero-order valence-electron chi connectivity index (χ0n) is 13.2. The summed E-state index contributed by atoms with van der Waals surface area (Å²) in [7, 11) is 0. The van der Waals surface area contributed by atoms with E-state index in [4.69, 9.17) is 0 Å². The van der Waals surface area contributed by atoms with Crippen molar-refractivity contribution in [2.45, 2.75) is 52.6 Å². The average molecular weight is 276 g/mol. The molecule has 0 saturated carbocycles. The van der Waals surface area contributed by atoms with Crippen molar-refractivity contribution in [1.82, 2.24) is 10.2 Å². The van der Waals surface area contributed by atoms with Crippen LogP contribution in [0, 0.1) is 0 Å². The van der Waals surface area contributed by atoms with Crippen molar-refractivity contribution < 1.29 is 4.79 Å². The molecule has 112 valence electrons. The number of nitrogens with zero attached hydrogens (tertiary/aromatic N) is 1. The Kier molecular flexibility index (Phi) is 7.31. The molecule has 0 spiro atoms. The van der Waals surface area contributed by atoms with Gasteiger partial charge in [-0.2, -0.15) is 0 Å². The lowest BCUT2D eigenvalue weighted by molar-refractivity contribution is -0.126. The Morgan fingerprint density at radius 2 is 1.75 bits per heavy atom. The van der Waals surface area contributed by atoms with E-state index in [1.807, 2.05) is 25.1 Å². The standard InChI is InChI=1S/C17H28N2O/c1-5-11-16(15-12-9-8-10-13-15)18-17(20)14(4)19(6-2)7-3/h8-10,12-14,16H,5-7,11H2,1-4H3,(H,18,20). The van der Waals surface area contributed by atoms with E-state index in [0.717, 1.165) is 25.9 Å². The molecule has 0 saturated heterocycles. The maximum atomic E-state index is 12.4. The van der Waals surface area contributed by atoms with Gasteiger partial charge in [0.1, 0.15) is 0 Å². The highest BCUT2D eigenvalue weighted by molar-refractivity contribution is 5.81. The maximum absolute atomic E-state index is 12.4. The Hall–Kier alpha value is -1.35. The number of likely N-dealkylation sites (N-methyl/N-ethyl adjacent to an activating group) is 1. The molecule has 0 heterocycles. The number of hydrogen-bond donors (Lipinski definition) is 1. The fourth-order valence-corrected chi connectivity index (χ4v) is 2.53. The first-order valence-corrected chi connectivity index (χ1v) is 7.73. The number of carbonyl (C=O) groups is 1. The van der Waals surface area contributed by atoms with Crippen LogP contribution in [-0.2, 0) is 4.79 Å². The fraction of sp³-hybridized carbons (Fsp3) is 0.588. The number of amides is 1. The van der Waals surface area contributed by atoms with Crippen molar-refractivity contribution in [3.63, 3.8) is 0 Å². The van der Waals surface area contributed by atoms with E-state index < -0.39 is 0 Å². The molecule has 0 bridgehead atoms. The molecular formula is C17H28N2O. The summed E-state index contributed by atoms with van der Waals surface area (Å²) in [5, 5.41) is 3.20. The van der Waals surface area contributed by atoms with Gasteiger partial charge in [-0.15, -0.1) is 0 Å². The quantitative estimate of drug-likeness (QED) is 0.789. The van der Waals surface area contributed by atoms with E-state index in [1.165, 1.54) is 5.56 Å². The lowest BCUT2D eigenvalue weighted by atomic mass is 10.0. The van der Waals surface area contributed by atoms with Crippen LogP contribution in [0.3, 0.4) is 0 Å². The summed E-state index contributed by atoms with van der Waals surface area (Å²) >= 11 is 0. The molecule has 1 rings (SSSR count). The SMILES string of the molecule is CCCC(NC(=O)C(C)N(CC)CC)c1ccccc1. The Morgan fingerprint density at radius 3 is 2.25 bits per heavy atom. The van der Waals surface area contributed by atoms with Crippen LogP contribution in [0.2, 0.25) is 0 Å². The first-order valence-electron chi connectivity index (χ1n) is 7.73. The summed E-state index contributed by atoms with van der Waals surface area (Å²) < 4.78 is 0. The van der Waals surface area contributed by atoms with Crippen LogP contribution in [0.15, 0.2) is 30.3 Å². The van der Waals surface area contributed by atoms with Crippen LogP contribution < -0.4 is 5.32 Å². The Balaban J connectivity index is 2.73. The van der Waals surface area contributed by atoms with Gasteiger partial charge < -0.3 is 5.32 Å². The third-order valence-corrected chi connectivity index (χ3v) is 3.84. The van der Waals surface area contributed by atoms with Crippen LogP contribution in [0.25, 0.3) is 0 Å². The Bertz CT molecular complexity index is 387. The summed E-state index contributed by atoms with van der Waals surface area (Å²) in [5.41, 5.74) is 1.19. The number of benzene rings is 1. The monoisotopic (exact) mass is 276 g/mol. The van der Waals surface area contributed by atoms with E-state index in [2.05, 4.69) is 43.1 Å². The van der Waals surface area contributed by atoms with Gasteiger partial charge in [0.05, 0.1) is 12.1 Å².